The molecule has 0 heterocycles. The number of anilines is 1. The second-order valence-corrected chi connectivity index (χ2v) is 4.85. The molecule has 3 heteroatoms. The fourth-order valence-electron chi connectivity index (χ4n) is 1.59. The van der Waals surface area contributed by atoms with Crippen LogP contribution in [0.25, 0.3) is 0 Å². The Morgan fingerprint density at radius 3 is 2.24 bits per heavy atom. The summed E-state index contributed by atoms with van der Waals surface area (Å²) in [5.74, 6) is 0. The average Bonchev–Trinajstić information content (AvgIpc) is 2.29. The molecule has 1 aromatic carbocycles. The van der Waals surface area contributed by atoms with Crippen molar-refractivity contribution >= 4 is 5.69 Å². The van der Waals surface area contributed by atoms with E-state index in [0.717, 1.165) is 19.6 Å². The number of hydrogen-bond donors (Lipinski definition) is 2. The zero-order valence-corrected chi connectivity index (χ0v) is 11.5. The van der Waals surface area contributed by atoms with E-state index < -0.39 is 0 Å². The molecule has 0 amide bonds. The van der Waals surface area contributed by atoms with Gasteiger partial charge in [-0.3, -0.25) is 0 Å². The highest BCUT2D eigenvalue weighted by Crippen LogP contribution is 2.11. The minimum Gasteiger partial charge on any atom is -0.378 e. The van der Waals surface area contributed by atoms with Crippen LogP contribution in [0.3, 0.4) is 0 Å². The van der Waals surface area contributed by atoms with E-state index >= 15 is 0 Å². The summed E-state index contributed by atoms with van der Waals surface area (Å²) in [7, 11) is 4.12. The molecule has 2 N–H and O–H groups in total. The van der Waals surface area contributed by atoms with E-state index in [1.165, 1.54) is 11.3 Å². The van der Waals surface area contributed by atoms with Crippen LogP contribution in [0.1, 0.15) is 19.4 Å². The van der Waals surface area contributed by atoms with Gasteiger partial charge in [-0.1, -0.05) is 26.0 Å². The van der Waals surface area contributed by atoms with Crippen molar-refractivity contribution in [2.24, 2.45) is 0 Å². The molecule has 0 bridgehead atoms. The predicted molar refractivity (Wildman–Crippen MR) is 75.6 cm³/mol. The van der Waals surface area contributed by atoms with Crippen LogP contribution >= 0.6 is 0 Å². The summed E-state index contributed by atoms with van der Waals surface area (Å²) in [6, 6.07) is 9.24. The molecule has 17 heavy (non-hydrogen) atoms. The SMILES string of the molecule is CC(C)NCCNCc1ccc(N(C)C)cc1. The first-order valence-electron chi connectivity index (χ1n) is 6.30. The fraction of sp³-hybridized carbons (Fsp3) is 0.571. The van der Waals surface area contributed by atoms with Gasteiger partial charge in [0, 0.05) is 45.5 Å². The Hall–Kier alpha value is -1.06. The molecule has 0 spiro atoms. The summed E-state index contributed by atoms with van der Waals surface area (Å²) in [6.07, 6.45) is 0. The number of nitrogens with one attached hydrogen (secondary N) is 2. The zero-order valence-electron chi connectivity index (χ0n) is 11.5. The van der Waals surface area contributed by atoms with E-state index in [4.69, 9.17) is 0 Å². The highest BCUT2D eigenvalue weighted by molar-refractivity contribution is 5.45. The van der Waals surface area contributed by atoms with Crippen LogP contribution < -0.4 is 15.5 Å². The number of rotatable bonds is 7. The van der Waals surface area contributed by atoms with Crippen molar-refractivity contribution < 1.29 is 0 Å². The van der Waals surface area contributed by atoms with E-state index in [1.54, 1.807) is 0 Å². The lowest BCUT2D eigenvalue weighted by Crippen LogP contribution is -2.31. The molecule has 0 aromatic heterocycles. The van der Waals surface area contributed by atoms with E-state index in [1.807, 2.05) is 0 Å². The monoisotopic (exact) mass is 235 g/mol. The zero-order chi connectivity index (χ0) is 12.7. The normalized spacial score (nSPS) is 10.9. The Labute approximate surface area is 105 Å². The van der Waals surface area contributed by atoms with Crippen LogP contribution in [0.2, 0.25) is 0 Å². The molecule has 96 valence electrons. The summed E-state index contributed by atoms with van der Waals surface area (Å²) >= 11 is 0. The van der Waals surface area contributed by atoms with E-state index in [0.29, 0.717) is 6.04 Å². The Kier molecular flexibility index (Phi) is 6.01. The average molecular weight is 235 g/mol. The van der Waals surface area contributed by atoms with Crippen molar-refractivity contribution in [1.82, 2.24) is 10.6 Å². The molecule has 0 unspecified atom stereocenters. The summed E-state index contributed by atoms with van der Waals surface area (Å²) in [6.45, 7) is 7.30. The summed E-state index contributed by atoms with van der Waals surface area (Å²) in [5, 5.41) is 6.82. The van der Waals surface area contributed by atoms with Crippen LogP contribution in [-0.2, 0) is 6.54 Å². The lowest BCUT2D eigenvalue weighted by atomic mass is 10.2. The highest BCUT2D eigenvalue weighted by atomic mass is 15.1. The van der Waals surface area contributed by atoms with Crippen molar-refractivity contribution in [3.05, 3.63) is 29.8 Å². The maximum absolute atomic E-state index is 3.43. The molecule has 0 aliphatic carbocycles. The first-order valence-corrected chi connectivity index (χ1v) is 6.30. The van der Waals surface area contributed by atoms with E-state index in [-0.39, 0.29) is 0 Å². The van der Waals surface area contributed by atoms with Crippen LogP contribution in [0, 0.1) is 0 Å². The molecule has 3 nitrogen and oxygen atoms in total. The molecule has 0 radical (unpaired) electrons. The molecular weight excluding hydrogens is 210 g/mol. The predicted octanol–water partition coefficient (Wildman–Crippen LogP) is 1.84. The quantitative estimate of drug-likeness (QED) is 0.706. The molecular formula is C14H25N3. The first-order chi connectivity index (χ1) is 8.09. The summed E-state index contributed by atoms with van der Waals surface area (Å²) in [5.41, 5.74) is 2.58. The highest BCUT2D eigenvalue weighted by Gasteiger charge is 1.96. The van der Waals surface area contributed by atoms with Crippen LogP contribution in [0.15, 0.2) is 24.3 Å². The van der Waals surface area contributed by atoms with Crippen LogP contribution in [0.5, 0.6) is 0 Å². The van der Waals surface area contributed by atoms with Gasteiger partial charge in [0.15, 0.2) is 0 Å². The lowest BCUT2D eigenvalue weighted by molar-refractivity contribution is 0.555. The van der Waals surface area contributed by atoms with Crippen molar-refractivity contribution in [2.45, 2.75) is 26.4 Å². The molecule has 0 aliphatic rings. The minimum absolute atomic E-state index is 0.566. The first kappa shape index (κ1) is 14.0. The third kappa shape index (κ3) is 5.71. The largest absolute Gasteiger partial charge is 0.378 e. The Morgan fingerprint density at radius 2 is 1.71 bits per heavy atom. The fourth-order valence-corrected chi connectivity index (χ4v) is 1.59. The number of nitrogens with zero attached hydrogens (tertiary/aromatic N) is 1. The van der Waals surface area contributed by atoms with Gasteiger partial charge >= 0.3 is 0 Å². The standard InChI is InChI=1S/C14H25N3/c1-12(2)16-10-9-15-11-13-5-7-14(8-6-13)17(3)4/h5-8,12,15-16H,9-11H2,1-4H3. The van der Waals surface area contributed by atoms with Gasteiger partial charge in [0.2, 0.25) is 0 Å². The lowest BCUT2D eigenvalue weighted by Gasteiger charge is -2.13. The van der Waals surface area contributed by atoms with Gasteiger partial charge in [-0.25, -0.2) is 0 Å². The summed E-state index contributed by atoms with van der Waals surface area (Å²) in [4.78, 5) is 2.11. The smallest absolute Gasteiger partial charge is 0.0361 e. The molecule has 0 saturated carbocycles. The summed E-state index contributed by atoms with van der Waals surface area (Å²) < 4.78 is 0. The van der Waals surface area contributed by atoms with Crippen molar-refractivity contribution in [1.29, 1.82) is 0 Å². The minimum atomic E-state index is 0.566. The molecule has 0 saturated heterocycles. The Bertz CT molecular complexity index is 304. The molecule has 0 atom stereocenters. The van der Waals surface area contributed by atoms with Crippen molar-refractivity contribution in [3.8, 4) is 0 Å². The second-order valence-electron chi connectivity index (χ2n) is 4.85. The number of hydrogen-bond acceptors (Lipinski definition) is 3. The van der Waals surface area contributed by atoms with Gasteiger partial charge in [-0.05, 0) is 17.7 Å². The third-order valence-electron chi connectivity index (χ3n) is 2.64. The van der Waals surface area contributed by atoms with Crippen molar-refractivity contribution in [3.63, 3.8) is 0 Å². The number of benzene rings is 1. The Morgan fingerprint density at radius 1 is 1.06 bits per heavy atom. The maximum Gasteiger partial charge on any atom is 0.0361 e. The molecule has 1 rings (SSSR count). The van der Waals surface area contributed by atoms with Gasteiger partial charge in [-0.2, -0.15) is 0 Å². The topological polar surface area (TPSA) is 27.3 Å². The maximum atomic E-state index is 3.43. The van der Waals surface area contributed by atoms with Gasteiger partial charge < -0.3 is 15.5 Å². The third-order valence-corrected chi connectivity index (χ3v) is 2.64. The van der Waals surface area contributed by atoms with Crippen LogP contribution in [0.4, 0.5) is 5.69 Å². The Balaban J connectivity index is 2.23. The van der Waals surface area contributed by atoms with Gasteiger partial charge in [0.05, 0.1) is 0 Å². The van der Waals surface area contributed by atoms with Crippen LogP contribution in [-0.4, -0.2) is 33.2 Å². The van der Waals surface area contributed by atoms with Crippen molar-refractivity contribution in [2.75, 3.05) is 32.1 Å². The van der Waals surface area contributed by atoms with Gasteiger partial charge in [0.1, 0.15) is 0 Å². The molecule has 0 fully saturated rings. The molecule has 0 aliphatic heterocycles. The second kappa shape index (κ2) is 7.30. The van der Waals surface area contributed by atoms with E-state index in [9.17, 15) is 0 Å². The van der Waals surface area contributed by atoms with Gasteiger partial charge in [0.25, 0.3) is 0 Å². The molecule has 1 aromatic rings. The van der Waals surface area contributed by atoms with E-state index in [2.05, 4.69) is 67.7 Å². The van der Waals surface area contributed by atoms with Gasteiger partial charge in [-0.15, -0.1) is 0 Å².